The molecule has 0 spiro atoms. The highest BCUT2D eigenvalue weighted by molar-refractivity contribution is 9.10. The molecule has 14 heavy (non-hydrogen) atoms. The van der Waals surface area contributed by atoms with Gasteiger partial charge in [0.25, 0.3) is 0 Å². The molecule has 0 saturated carbocycles. The summed E-state index contributed by atoms with van der Waals surface area (Å²) in [4.78, 5) is 11.0. The predicted molar refractivity (Wildman–Crippen MR) is 63.2 cm³/mol. The van der Waals surface area contributed by atoms with Gasteiger partial charge in [0.1, 0.15) is 5.75 Å². The Morgan fingerprint density at radius 1 is 1.57 bits per heavy atom. The number of amides is 1. The number of anilines is 1. The van der Waals surface area contributed by atoms with E-state index in [9.17, 15) is 4.79 Å². The predicted octanol–water partition coefficient (Wildman–Crippen LogP) is 2.33. The van der Waals surface area contributed by atoms with Crippen LogP contribution in [0.1, 0.15) is 0 Å². The normalized spacial score (nSPS) is 9.64. The van der Waals surface area contributed by atoms with Gasteiger partial charge in [0.2, 0.25) is 5.91 Å². The second-order valence-corrected chi connectivity index (χ2v) is 3.82. The third-order valence-electron chi connectivity index (χ3n) is 1.53. The largest absolute Gasteiger partial charge is 0.497 e. The lowest BCUT2D eigenvalue weighted by atomic mass is 10.3. The van der Waals surface area contributed by atoms with E-state index in [2.05, 4.69) is 33.9 Å². The number of carbonyl (C=O) groups excluding carboxylic acids is 1. The molecule has 0 saturated heterocycles. The van der Waals surface area contributed by atoms with Gasteiger partial charge in [0.15, 0.2) is 0 Å². The molecule has 76 valence electrons. The van der Waals surface area contributed by atoms with Crippen molar-refractivity contribution in [1.82, 2.24) is 0 Å². The summed E-state index contributed by atoms with van der Waals surface area (Å²) >= 11 is 7.18. The van der Waals surface area contributed by atoms with Crippen LogP contribution in [0.3, 0.4) is 0 Å². The molecule has 1 aromatic carbocycles. The Morgan fingerprint density at radius 2 is 2.29 bits per heavy atom. The molecule has 0 atom stereocenters. The van der Waals surface area contributed by atoms with Gasteiger partial charge in [-0.3, -0.25) is 4.79 Å². The van der Waals surface area contributed by atoms with Crippen molar-refractivity contribution in [3.8, 4) is 5.75 Å². The molecular weight excluding hydrogens is 266 g/mol. The number of methoxy groups -OCH3 is 1. The molecule has 0 aliphatic carbocycles. The van der Waals surface area contributed by atoms with Crippen LogP contribution in [0, 0.1) is 0 Å². The minimum atomic E-state index is -0.145. The van der Waals surface area contributed by atoms with E-state index in [0.717, 1.165) is 4.47 Å². The number of carbonyl (C=O) groups is 1. The molecule has 0 radical (unpaired) electrons. The topological polar surface area (TPSA) is 38.3 Å². The van der Waals surface area contributed by atoms with E-state index in [0.29, 0.717) is 11.4 Å². The molecule has 0 aromatic heterocycles. The van der Waals surface area contributed by atoms with Gasteiger partial charge in [-0.1, -0.05) is 15.9 Å². The van der Waals surface area contributed by atoms with Crippen molar-refractivity contribution in [2.45, 2.75) is 0 Å². The van der Waals surface area contributed by atoms with Crippen molar-refractivity contribution in [3.05, 3.63) is 22.7 Å². The number of thiol groups is 1. The first-order chi connectivity index (χ1) is 6.65. The fraction of sp³-hybridized carbons (Fsp3) is 0.222. The van der Waals surface area contributed by atoms with E-state index in [4.69, 9.17) is 4.74 Å². The maximum absolute atomic E-state index is 11.0. The molecule has 0 heterocycles. The monoisotopic (exact) mass is 275 g/mol. The lowest BCUT2D eigenvalue weighted by molar-refractivity contribution is -0.113. The number of benzene rings is 1. The van der Waals surface area contributed by atoms with Crippen molar-refractivity contribution in [2.75, 3.05) is 18.2 Å². The number of rotatable bonds is 3. The van der Waals surface area contributed by atoms with E-state index < -0.39 is 0 Å². The molecule has 0 bridgehead atoms. The number of hydrogen-bond donors (Lipinski definition) is 2. The number of hydrogen-bond acceptors (Lipinski definition) is 3. The highest BCUT2D eigenvalue weighted by atomic mass is 79.9. The Kier molecular flexibility index (Phi) is 4.28. The summed E-state index contributed by atoms with van der Waals surface area (Å²) in [6.45, 7) is 0. The Labute approximate surface area is 96.4 Å². The second-order valence-electron chi connectivity index (χ2n) is 2.59. The van der Waals surface area contributed by atoms with E-state index in [1.54, 1.807) is 19.2 Å². The Hall–Kier alpha value is -0.680. The van der Waals surface area contributed by atoms with Crippen LogP contribution in [0.25, 0.3) is 0 Å². The zero-order valence-corrected chi connectivity index (χ0v) is 10.1. The highest BCUT2D eigenvalue weighted by Gasteiger charge is 2.02. The molecule has 1 rings (SSSR count). The van der Waals surface area contributed by atoms with Crippen LogP contribution >= 0.6 is 28.6 Å². The third kappa shape index (κ3) is 3.23. The molecule has 0 fully saturated rings. The average Bonchev–Trinajstić information content (AvgIpc) is 2.16. The van der Waals surface area contributed by atoms with Gasteiger partial charge in [-0.25, -0.2) is 0 Å². The lowest BCUT2D eigenvalue weighted by Gasteiger charge is -2.06. The van der Waals surface area contributed by atoms with Crippen molar-refractivity contribution >= 4 is 40.2 Å². The maximum Gasteiger partial charge on any atom is 0.234 e. The molecule has 1 aromatic rings. The van der Waals surface area contributed by atoms with E-state index in [1.165, 1.54) is 0 Å². The van der Waals surface area contributed by atoms with Crippen LogP contribution in [0.5, 0.6) is 5.75 Å². The summed E-state index contributed by atoms with van der Waals surface area (Å²) in [5.74, 6) is 0.705. The summed E-state index contributed by atoms with van der Waals surface area (Å²) in [6, 6.07) is 5.35. The molecule has 0 aliphatic heterocycles. The van der Waals surface area contributed by atoms with Crippen molar-refractivity contribution < 1.29 is 9.53 Å². The number of halogens is 1. The van der Waals surface area contributed by atoms with Crippen LogP contribution in [0.4, 0.5) is 5.69 Å². The summed E-state index contributed by atoms with van der Waals surface area (Å²) in [7, 11) is 1.58. The number of ether oxygens (including phenoxy) is 1. The Morgan fingerprint density at radius 3 is 2.86 bits per heavy atom. The zero-order chi connectivity index (χ0) is 10.6. The second kappa shape index (κ2) is 5.26. The zero-order valence-electron chi connectivity index (χ0n) is 7.58. The smallest absolute Gasteiger partial charge is 0.234 e. The standard InChI is InChI=1S/C9H10BrNO2S/c1-13-8-3-6(10)2-7(4-8)11-9(12)5-14/h2-4,14H,5H2,1H3,(H,11,12). The summed E-state index contributed by atoms with van der Waals surface area (Å²) in [5, 5.41) is 2.68. The molecular formula is C9H10BrNO2S. The lowest BCUT2D eigenvalue weighted by Crippen LogP contribution is -2.12. The van der Waals surface area contributed by atoms with Crippen LogP contribution < -0.4 is 10.1 Å². The average molecular weight is 276 g/mol. The van der Waals surface area contributed by atoms with Crippen molar-refractivity contribution in [2.24, 2.45) is 0 Å². The van der Waals surface area contributed by atoms with Gasteiger partial charge < -0.3 is 10.1 Å². The van der Waals surface area contributed by atoms with Gasteiger partial charge in [0, 0.05) is 16.2 Å². The van der Waals surface area contributed by atoms with Crippen LogP contribution in [-0.4, -0.2) is 18.8 Å². The maximum atomic E-state index is 11.0. The van der Waals surface area contributed by atoms with E-state index >= 15 is 0 Å². The SMILES string of the molecule is COc1cc(Br)cc(NC(=O)CS)c1. The van der Waals surface area contributed by atoms with Crippen molar-refractivity contribution in [3.63, 3.8) is 0 Å². The number of nitrogens with one attached hydrogen (secondary N) is 1. The van der Waals surface area contributed by atoms with Crippen molar-refractivity contribution in [1.29, 1.82) is 0 Å². The van der Waals surface area contributed by atoms with Gasteiger partial charge in [-0.15, -0.1) is 0 Å². The van der Waals surface area contributed by atoms with E-state index in [1.807, 2.05) is 6.07 Å². The minimum absolute atomic E-state index is 0.145. The molecule has 5 heteroatoms. The van der Waals surface area contributed by atoms with Gasteiger partial charge >= 0.3 is 0 Å². The fourth-order valence-electron chi connectivity index (χ4n) is 0.953. The highest BCUT2D eigenvalue weighted by Crippen LogP contribution is 2.24. The fourth-order valence-corrected chi connectivity index (χ4v) is 1.50. The first-order valence-electron chi connectivity index (χ1n) is 3.91. The van der Waals surface area contributed by atoms with Gasteiger partial charge in [0.05, 0.1) is 12.9 Å². The Balaban J connectivity index is 2.86. The first kappa shape index (κ1) is 11.4. The molecule has 1 N–H and O–H groups in total. The molecule has 3 nitrogen and oxygen atoms in total. The van der Waals surface area contributed by atoms with E-state index in [-0.39, 0.29) is 11.7 Å². The Bertz CT molecular complexity index is 344. The van der Waals surface area contributed by atoms with Gasteiger partial charge in [-0.05, 0) is 12.1 Å². The summed E-state index contributed by atoms with van der Waals surface area (Å²) < 4.78 is 5.90. The minimum Gasteiger partial charge on any atom is -0.497 e. The molecule has 0 aliphatic rings. The van der Waals surface area contributed by atoms with Crippen LogP contribution in [0.15, 0.2) is 22.7 Å². The first-order valence-corrected chi connectivity index (χ1v) is 5.33. The quantitative estimate of drug-likeness (QED) is 0.831. The van der Waals surface area contributed by atoms with Crippen LogP contribution in [0.2, 0.25) is 0 Å². The summed E-state index contributed by atoms with van der Waals surface area (Å²) in [6.07, 6.45) is 0. The van der Waals surface area contributed by atoms with Gasteiger partial charge in [-0.2, -0.15) is 12.6 Å². The summed E-state index contributed by atoms with van der Waals surface area (Å²) in [5.41, 5.74) is 0.690. The third-order valence-corrected chi connectivity index (χ3v) is 2.28. The molecule has 1 amide bonds. The molecule has 0 unspecified atom stereocenters. The van der Waals surface area contributed by atoms with Crippen LogP contribution in [-0.2, 0) is 4.79 Å².